The fraction of sp³-hybridized carbons (Fsp3) is 0.368. The first kappa shape index (κ1) is 18.5. The SMILES string of the molecule is Cc1onc(-c2ccccc2)c1C(=O)N[C@@H]1C(=O)N2C1SC(C)(C)[C@@H]2C(=O)O. The zero-order chi connectivity index (χ0) is 20.2. The molecule has 2 amide bonds. The number of carbonyl (C=O) groups is 3. The summed E-state index contributed by atoms with van der Waals surface area (Å²) in [6, 6.07) is 7.46. The van der Waals surface area contributed by atoms with E-state index in [0.717, 1.165) is 5.56 Å². The number of carboxylic acid groups (broad SMARTS) is 1. The number of benzene rings is 1. The van der Waals surface area contributed by atoms with Gasteiger partial charge in [-0.15, -0.1) is 11.8 Å². The molecule has 2 aromatic rings. The van der Waals surface area contributed by atoms with E-state index in [-0.39, 0.29) is 11.5 Å². The molecule has 9 heteroatoms. The second-order valence-corrected chi connectivity index (χ2v) is 9.15. The van der Waals surface area contributed by atoms with E-state index in [4.69, 9.17) is 4.52 Å². The van der Waals surface area contributed by atoms with Crippen molar-refractivity contribution < 1.29 is 24.0 Å². The topological polar surface area (TPSA) is 113 Å². The Labute approximate surface area is 165 Å². The van der Waals surface area contributed by atoms with Crippen LogP contribution in [0.25, 0.3) is 11.3 Å². The number of carbonyl (C=O) groups excluding carboxylic acids is 2. The van der Waals surface area contributed by atoms with E-state index in [1.165, 1.54) is 16.7 Å². The van der Waals surface area contributed by atoms with Gasteiger partial charge in [-0.1, -0.05) is 35.5 Å². The number of aromatic nitrogens is 1. The normalized spacial score (nSPS) is 25.2. The van der Waals surface area contributed by atoms with Crippen LogP contribution in [0.3, 0.4) is 0 Å². The third kappa shape index (κ3) is 2.69. The average molecular weight is 401 g/mol. The van der Waals surface area contributed by atoms with Gasteiger partial charge in [-0.25, -0.2) is 4.79 Å². The number of hydrogen-bond donors (Lipinski definition) is 2. The molecule has 28 heavy (non-hydrogen) atoms. The van der Waals surface area contributed by atoms with Gasteiger partial charge in [0.05, 0.1) is 0 Å². The number of rotatable bonds is 4. The summed E-state index contributed by atoms with van der Waals surface area (Å²) < 4.78 is 4.57. The minimum Gasteiger partial charge on any atom is -0.480 e. The van der Waals surface area contributed by atoms with Crippen LogP contribution in [0.15, 0.2) is 34.9 Å². The molecule has 1 aromatic carbocycles. The Hall–Kier alpha value is -2.81. The van der Waals surface area contributed by atoms with E-state index in [9.17, 15) is 19.5 Å². The number of carboxylic acids is 1. The molecule has 0 saturated carbocycles. The second kappa shape index (κ2) is 6.37. The molecule has 2 aliphatic heterocycles. The van der Waals surface area contributed by atoms with Gasteiger partial charge >= 0.3 is 5.97 Å². The minimum absolute atomic E-state index is 0.273. The van der Waals surface area contributed by atoms with Crippen LogP contribution in [0, 0.1) is 6.92 Å². The molecule has 2 aliphatic rings. The van der Waals surface area contributed by atoms with Crippen molar-refractivity contribution in [2.24, 2.45) is 0 Å². The maximum Gasteiger partial charge on any atom is 0.327 e. The summed E-state index contributed by atoms with van der Waals surface area (Å²) in [5, 5.41) is 15.8. The number of amides is 2. The highest BCUT2D eigenvalue weighted by Gasteiger charge is 2.64. The number of aryl methyl sites for hydroxylation is 1. The van der Waals surface area contributed by atoms with Gasteiger partial charge in [-0.05, 0) is 20.8 Å². The van der Waals surface area contributed by atoms with Gasteiger partial charge in [-0.2, -0.15) is 0 Å². The number of thioether (sulfide) groups is 1. The zero-order valence-electron chi connectivity index (χ0n) is 15.5. The molecular weight excluding hydrogens is 382 g/mol. The Kier molecular flexibility index (Phi) is 4.22. The molecule has 2 fully saturated rings. The number of hydrogen-bond acceptors (Lipinski definition) is 6. The van der Waals surface area contributed by atoms with Crippen LogP contribution in [0.4, 0.5) is 0 Å². The average Bonchev–Trinajstić information content (AvgIpc) is 3.15. The molecule has 0 aliphatic carbocycles. The van der Waals surface area contributed by atoms with Crippen LogP contribution in [0.2, 0.25) is 0 Å². The lowest BCUT2D eigenvalue weighted by molar-refractivity contribution is -0.159. The number of nitrogens with one attached hydrogen (secondary N) is 1. The van der Waals surface area contributed by atoms with Crippen LogP contribution in [-0.2, 0) is 9.59 Å². The molecule has 0 bridgehead atoms. The van der Waals surface area contributed by atoms with E-state index in [0.29, 0.717) is 11.5 Å². The standard InChI is InChI=1S/C19H19N3O5S/c1-9-11(12(21-27-9)10-7-5-4-6-8-10)15(23)20-13-16(24)22-14(18(25)26)19(2,3)28-17(13)22/h4-8,13-14,17H,1-3H3,(H,20,23)(H,25,26)/t13-,14+,17?/m1/s1. The molecular formula is C19H19N3O5S. The van der Waals surface area contributed by atoms with Crippen molar-refractivity contribution in [3.8, 4) is 11.3 Å². The summed E-state index contributed by atoms with van der Waals surface area (Å²) in [5.41, 5.74) is 1.41. The van der Waals surface area contributed by atoms with Crippen molar-refractivity contribution in [2.75, 3.05) is 0 Å². The third-order valence-electron chi connectivity index (χ3n) is 5.10. The smallest absolute Gasteiger partial charge is 0.327 e. The Morgan fingerprint density at radius 1 is 1.29 bits per heavy atom. The van der Waals surface area contributed by atoms with Crippen LogP contribution in [0.5, 0.6) is 0 Å². The Bertz CT molecular complexity index is 971. The van der Waals surface area contributed by atoms with Gasteiger partial charge in [-0.3, -0.25) is 9.59 Å². The van der Waals surface area contributed by atoms with E-state index < -0.39 is 34.1 Å². The lowest BCUT2D eigenvalue weighted by atomic mass is 9.95. The quantitative estimate of drug-likeness (QED) is 0.752. The molecule has 0 spiro atoms. The Balaban J connectivity index is 1.58. The Morgan fingerprint density at radius 3 is 2.61 bits per heavy atom. The van der Waals surface area contributed by atoms with Crippen molar-refractivity contribution in [3.63, 3.8) is 0 Å². The van der Waals surface area contributed by atoms with Crippen molar-refractivity contribution in [1.82, 2.24) is 15.4 Å². The molecule has 0 radical (unpaired) electrons. The number of nitrogens with zero attached hydrogens (tertiary/aromatic N) is 2. The molecule has 8 nitrogen and oxygen atoms in total. The highest BCUT2D eigenvalue weighted by atomic mass is 32.2. The van der Waals surface area contributed by atoms with E-state index in [1.54, 1.807) is 20.8 Å². The molecule has 1 unspecified atom stereocenters. The second-order valence-electron chi connectivity index (χ2n) is 7.38. The van der Waals surface area contributed by atoms with Crippen molar-refractivity contribution in [2.45, 2.75) is 43.0 Å². The summed E-state index contributed by atoms with van der Waals surface area (Å²) in [6.07, 6.45) is 0. The van der Waals surface area contributed by atoms with Gasteiger partial charge in [0.15, 0.2) is 0 Å². The molecule has 146 valence electrons. The van der Waals surface area contributed by atoms with Gasteiger partial charge in [0.2, 0.25) is 5.91 Å². The van der Waals surface area contributed by atoms with Crippen molar-refractivity contribution in [3.05, 3.63) is 41.7 Å². The van der Waals surface area contributed by atoms with Gasteiger partial charge in [0.25, 0.3) is 5.91 Å². The van der Waals surface area contributed by atoms with Crippen LogP contribution < -0.4 is 5.32 Å². The van der Waals surface area contributed by atoms with E-state index in [1.807, 2.05) is 30.3 Å². The number of β-lactam (4-membered cyclic amide) rings is 1. The first-order valence-electron chi connectivity index (χ1n) is 8.77. The van der Waals surface area contributed by atoms with Gasteiger partial charge < -0.3 is 19.8 Å². The van der Waals surface area contributed by atoms with E-state index >= 15 is 0 Å². The largest absolute Gasteiger partial charge is 0.480 e. The number of fused-ring (bicyclic) bond motifs is 1. The van der Waals surface area contributed by atoms with Crippen molar-refractivity contribution >= 4 is 29.5 Å². The molecule has 3 heterocycles. The summed E-state index contributed by atoms with van der Waals surface area (Å²) in [7, 11) is 0. The van der Waals surface area contributed by atoms with Crippen LogP contribution in [0.1, 0.15) is 30.0 Å². The predicted molar refractivity (Wildman–Crippen MR) is 102 cm³/mol. The summed E-state index contributed by atoms with van der Waals surface area (Å²) in [5.74, 6) is -1.55. The maximum atomic E-state index is 12.9. The fourth-order valence-corrected chi connectivity index (χ4v) is 5.42. The van der Waals surface area contributed by atoms with Gasteiger partial charge in [0.1, 0.15) is 34.5 Å². The molecule has 2 saturated heterocycles. The monoisotopic (exact) mass is 401 g/mol. The van der Waals surface area contributed by atoms with Crippen molar-refractivity contribution in [1.29, 1.82) is 0 Å². The molecule has 1 aromatic heterocycles. The molecule has 3 atom stereocenters. The van der Waals surface area contributed by atoms with E-state index in [2.05, 4.69) is 10.5 Å². The third-order valence-corrected chi connectivity index (χ3v) is 6.67. The molecule has 4 rings (SSSR count). The first-order valence-corrected chi connectivity index (χ1v) is 9.65. The number of aliphatic carboxylic acids is 1. The van der Waals surface area contributed by atoms with Crippen LogP contribution >= 0.6 is 11.8 Å². The first-order chi connectivity index (χ1) is 13.2. The minimum atomic E-state index is -1.04. The molecule has 2 N–H and O–H groups in total. The fourth-order valence-electron chi connectivity index (χ4n) is 3.79. The maximum absolute atomic E-state index is 12.9. The highest BCUT2D eigenvalue weighted by molar-refractivity contribution is 8.01. The summed E-state index contributed by atoms with van der Waals surface area (Å²) in [4.78, 5) is 38.5. The van der Waals surface area contributed by atoms with Gasteiger partial charge in [0, 0.05) is 10.3 Å². The zero-order valence-corrected chi connectivity index (χ0v) is 16.3. The summed E-state index contributed by atoms with van der Waals surface area (Å²) in [6.45, 7) is 5.22. The lowest BCUT2D eigenvalue weighted by Gasteiger charge is -2.43. The summed E-state index contributed by atoms with van der Waals surface area (Å²) >= 11 is 1.38. The highest BCUT2D eigenvalue weighted by Crippen LogP contribution is 2.50. The predicted octanol–water partition coefficient (Wildman–Crippen LogP) is 1.90. The van der Waals surface area contributed by atoms with Crippen LogP contribution in [-0.4, -0.2) is 55.2 Å². The lowest BCUT2D eigenvalue weighted by Crippen LogP contribution is -2.70. The Morgan fingerprint density at radius 2 is 1.96 bits per heavy atom.